The number of halogens is 1. The normalized spacial score (nSPS) is 10.1. The summed E-state index contributed by atoms with van der Waals surface area (Å²) in [7, 11) is 0. The molecule has 1 aromatic heterocycles. The van der Waals surface area contributed by atoms with Crippen molar-refractivity contribution >= 4 is 45.6 Å². The Morgan fingerprint density at radius 3 is 2.55 bits per heavy atom. The van der Waals surface area contributed by atoms with E-state index >= 15 is 0 Å². The van der Waals surface area contributed by atoms with Crippen LogP contribution >= 0.6 is 22.9 Å². The average Bonchev–Trinajstić information content (AvgIpc) is 2.73. The largest absolute Gasteiger partial charge is 0.477 e. The molecule has 0 bridgehead atoms. The first-order chi connectivity index (χ1) is 9.47. The fraction of sp³-hybridized carbons (Fsp3) is 0.0769. The Morgan fingerprint density at radius 2 is 1.95 bits per heavy atom. The SMILES string of the molecule is Cc1cc(NC(=O)Nc2ccccc2Cl)sc1C(=O)O. The van der Waals surface area contributed by atoms with E-state index in [0.717, 1.165) is 11.3 Å². The van der Waals surface area contributed by atoms with E-state index in [1.165, 1.54) is 0 Å². The summed E-state index contributed by atoms with van der Waals surface area (Å²) in [6.45, 7) is 1.68. The number of carbonyl (C=O) groups is 2. The van der Waals surface area contributed by atoms with E-state index < -0.39 is 12.0 Å². The van der Waals surface area contributed by atoms with Gasteiger partial charge in [0.2, 0.25) is 0 Å². The Bertz CT molecular complexity index is 669. The molecule has 1 heterocycles. The molecule has 0 atom stereocenters. The van der Waals surface area contributed by atoms with Crippen LogP contribution < -0.4 is 10.6 Å². The second-order valence-electron chi connectivity index (χ2n) is 3.99. The summed E-state index contributed by atoms with van der Waals surface area (Å²) in [6.07, 6.45) is 0. The highest BCUT2D eigenvalue weighted by molar-refractivity contribution is 7.18. The molecule has 0 saturated carbocycles. The van der Waals surface area contributed by atoms with Gasteiger partial charge in [-0.05, 0) is 30.7 Å². The van der Waals surface area contributed by atoms with Gasteiger partial charge >= 0.3 is 12.0 Å². The van der Waals surface area contributed by atoms with Gasteiger partial charge in [-0.3, -0.25) is 5.32 Å². The molecule has 104 valence electrons. The molecule has 0 unspecified atom stereocenters. The number of amides is 2. The van der Waals surface area contributed by atoms with E-state index in [4.69, 9.17) is 16.7 Å². The van der Waals surface area contributed by atoms with Crippen LogP contribution in [0.1, 0.15) is 15.2 Å². The molecule has 20 heavy (non-hydrogen) atoms. The number of hydrogen-bond donors (Lipinski definition) is 3. The third kappa shape index (κ3) is 3.28. The third-order valence-corrected chi connectivity index (χ3v) is 3.94. The molecule has 5 nitrogen and oxygen atoms in total. The molecule has 0 spiro atoms. The van der Waals surface area contributed by atoms with Crippen LogP contribution in [-0.4, -0.2) is 17.1 Å². The number of hydrogen-bond acceptors (Lipinski definition) is 3. The number of benzene rings is 1. The molecule has 0 saturated heterocycles. The molecule has 2 aromatic rings. The first-order valence-electron chi connectivity index (χ1n) is 5.63. The van der Waals surface area contributed by atoms with Gasteiger partial charge in [-0.2, -0.15) is 0 Å². The summed E-state index contributed by atoms with van der Waals surface area (Å²) in [5.41, 5.74) is 1.09. The number of thiophene rings is 1. The van der Waals surface area contributed by atoms with E-state index in [1.807, 2.05) is 0 Å². The maximum Gasteiger partial charge on any atom is 0.346 e. The predicted octanol–water partition coefficient (Wildman–Crippen LogP) is 4.05. The lowest BCUT2D eigenvalue weighted by atomic mass is 10.3. The van der Waals surface area contributed by atoms with Crippen molar-refractivity contribution < 1.29 is 14.7 Å². The number of para-hydroxylation sites is 1. The van der Waals surface area contributed by atoms with E-state index in [-0.39, 0.29) is 4.88 Å². The van der Waals surface area contributed by atoms with Gasteiger partial charge in [-0.1, -0.05) is 23.7 Å². The Kier molecular flexibility index (Phi) is 4.26. The maximum absolute atomic E-state index is 11.8. The average molecular weight is 311 g/mol. The Labute approximate surface area is 124 Å². The highest BCUT2D eigenvalue weighted by atomic mass is 35.5. The number of aryl methyl sites for hydroxylation is 1. The van der Waals surface area contributed by atoms with Gasteiger partial charge in [-0.25, -0.2) is 9.59 Å². The zero-order valence-corrected chi connectivity index (χ0v) is 12.0. The van der Waals surface area contributed by atoms with Gasteiger partial charge in [0.25, 0.3) is 0 Å². The quantitative estimate of drug-likeness (QED) is 0.800. The maximum atomic E-state index is 11.8. The summed E-state index contributed by atoms with van der Waals surface area (Å²) < 4.78 is 0. The standard InChI is InChI=1S/C13H11ClN2O3S/c1-7-6-10(20-11(7)12(17)18)16-13(19)15-9-5-3-2-4-8(9)14/h2-6H,1H3,(H,17,18)(H2,15,16,19). The summed E-state index contributed by atoms with van der Waals surface area (Å²) in [4.78, 5) is 22.9. The summed E-state index contributed by atoms with van der Waals surface area (Å²) in [6, 6.07) is 7.97. The van der Waals surface area contributed by atoms with Crippen molar-refractivity contribution in [1.29, 1.82) is 0 Å². The number of anilines is 2. The van der Waals surface area contributed by atoms with Crippen LogP contribution in [0.5, 0.6) is 0 Å². The van der Waals surface area contributed by atoms with E-state index in [9.17, 15) is 9.59 Å². The highest BCUT2D eigenvalue weighted by Gasteiger charge is 2.14. The van der Waals surface area contributed by atoms with Crippen LogP contribution in [0.25, 0.3) is 0 Å². The van der Waals surface area contributed by atoms with E-state index in [1.54, 1.807) is 37.3 Å². The Hall–Kier alpha value is -2.05. The molecule has 0 radical (unpaired) electrons. The Morgan fingerprint density at radius 1 is 1.25 bits per heavy atom. The second-order valence-corrected chi connectivity index (χ2v) is 5.45. The number of nitrogens with one attached hydrogen (secondary N) is 2. The molecular formula is C13H11ClN2O3S. The lowest BCUT2D eigenvalue weighted by Gasteiger charge is -2.07. The van der Waals surface area contributed by atoms with Crippen molar-refractivity contribution in [3.63, 3.8) is 0 Å². The summed E-state index contributed by atoms with van der Waals surface area (Å²) >= 11 is 6.93. The lowest BCUT2D eigenvalue weighted by molar-refractivity contribution is 0.0701. The minimum absolute atomic E-state index is 0.207. The molecular weight excluding hydrogens is 300 g/mol. The number of carboxylic acids is 1. The highest BCUT2D eigenvalue weighted by Crippen LogP contribution is 2.27. The predicted molar refractivity (Wildman–Crippen MR) is 80.1 cm³/mol. The number of aromatic carboxylic acids is 1. The molecule has 2 amide bonds. The van der Waals surface area contributed by atoms with Crippen molar-refractivity contribution in [3.05, 3.63) is 45.8 Å². The van der Waals surface area contributed by atoms with Crippen molar-refractivity contribution in [1.82, 2.24) is 0 Å². The van der Waals surface area contributed by atoms with Crippen LogP contribution in [-0.2, 0) is 0 Å². The zero-order valence-electron chi connectivity index (χ0n) is 10.4. The van der Waals surface area contributed by atoms with E-state index in [2.05, 4.69) is 10.6 Å². The van der Waals surface area contributed by atoms with Crippen molar-refractivity contribution in [2.45, 2.75) is 6.92 Å². The van der Waals surface area contributed by atoms with Crippen LogP contribution in [0.4, 0.5) is 15.5 Å². The van der Waals surface area contributed by atoms with Gasteiger partial charge in [-0.15, -0.1) is 11.3 Å². The van der Waals surface area contributed by atoms with Crippen molar-refractivity contribution in [2.24, 2.45) is 0 Å². The summed E-state index contributed by atoms with van der Waals surface area (Å²) in [5, 5.41) is 15.0. The molecule has 0 aliphatic heterocycles. The number of carbonyl (C=O) groups excluding carboxylic acids is 1. The van der Waals surface area contributed by atoms with Crippen LogP contribution in [0, 0.1) is 6.92 Å². The first-order valence-corrected chi connectivity index (χ1v) is 6.83. The summed E-state index contributed by atoms with van der Waals surface area (Å²) in [5.74, 6) is -1.01. The number of rotatable bonds is 3. The fourth-order valence-electron chi connectivity index (χ4n) is 1.58. The number of carboxylic acid groups (broad SMARTS) is 1. The van der Waals surface area contributed by atoms with Crippen LogP contribution in [0.2, 0.25) is 5.02 Å². The molecule has 0 aliphatic rings. The van der Waals surface area contributed by atoms with Crippen molar-refractivity contribution in [2.75, 3.05) is 10.6 Å². The van der Waals surface area contributed by atoms with E-state index in [0.29, 0.717) is 21.3 Å². The lowest BCUT2D eigenvalue weighted by Crippen LogP contribution is -2.18. The first kappa shape index (κ1) is 14.4. The zero-order chi connectivity index (χ0) is 14.7. The van der Waals surface area contributed by atoms with Gasteiger partial charge < -0.3 is 10.4 Å². The van der Waals surface area contributed by atoms with Gasteiger partial charge in [0.1, 0.15) is 4.88 Å². The molecule has 1 aromatic carbocycles. The van der Waals surface area contributed by atoms with Crippen LogP contribution in [0.15, 0.2) is 30.3 Å². The van der Waals surface area contributed by atoms with Crippen LogP contribution in [0.3, 0.4) is 0 Å². The van der Waals surface area contributed by atoms with Crippen molar-refractivity contribution in [3.8, 4) is 0 Å². The Balaban J connectivity index is 2.07. The second kappa shape index (κ2) is 5.94. The third-order valence-electron chi connectivity index (χ3n) is 2.47. The van der Waals surface area contributed by atoms with Gasteiger partial charge in [0.05, 0.1) is 15.7 Å². The molecule has 2 rings (SSSR count). The van der Waals surface area contributed by atoms with Gasteiger partial charge in [0.15, 0.2) is 0 Å². The number of urea groups is 1. The topological polar surface area (TPSA) is 78.4 Å². The minimum atomic E-state index is -1.01. The fourth-order valence-corrected chi connectivity index (χ4v) is 2.67. The minimum Gasteiger partial charge on any atom is -0.477 e. The molecule has 3 N–H and O–H groups in total. The molecule has 7 heteroatoms. The molecule has 0 fully saturated rings. The van der Waals surface area contributed by atoms with Gasteiger partial charge in [0, 0.05) is 0 Å². The smallest absolute Gasteiger partial charge is 0.346 e. The molecule has 0 aliphatic carbocycles. The monoisotopic (exact) mass is 310 g/mol.